The summed E-state index contributed by atoms with van der Waals surface area (Å²) in [7, 11) is 3.19. The second kappa shape index (κ2) is 7.55. The van der Waals surface area contributed by atoms with Crippen molar-refractivity contribution in [1.29, 1.82) is 0 Å². The quantitative estimate of drug-likeness (QED) is 0.786. The number of piperidine rings is 1. The van der Waals surface area contributed by atoms with E-state index in [1.54, 1.807) is 7.11 Å². The first-order valence-electron chi connectivity index (χ1n) is 10.2. The number of rotatable bonds is 5. The molecule has 0 bridgehead atoms. The Hall–Kier alpha value is -2.01. The largest absolute Gasteiger partial charge is 0.497 e. The van der Waals surface area contributed by atoms with E-state index in [9.17, 15) is 4.79 Å². The van der Waals surface area contributed by atoms with Crippen molar-refractivity contribution in [3.63, 3.8) is 0 Å². The van der Waals surface area contributed by atoms with Gasteiger partial charge in [0.25, 0.3) is 0 Å². The lowest BCUT2D eigenvalue weighted by Crippen LogP contribution is -2.48. The van der Waals surface area contributed by atoms with Gasteiger partial charge in [0.1, 0.15) is 5.75 Å². The van der Waals surface area contributed by atoms with Crippen LogP contribution in [-0.4, -0.2) is 42.7 Å². The Morgan fingerprint density at radius 3 is 2.89 bits per heavy atom. The van der Waals surface area contributed by atoms with Gasteiger partial charge in [-0.3, -0.25) is 9.69 Å². The summed E-state index contributed by atoms with van der Waals surface area (Å²) in [5.41, 5.74) is 3.94. The fraction of sp³-hybridized carbons (Fsp3) is 0.591. The van der Waals surface area contributed by atoms with Crippen LogP contribution in [0.15, 0.2) is 18.2 Å². The molecule has 2 aromatic rings. The molecule has 146 valence electrons. The molecule has 3 unspecified atom stereocenters. The second-order valence-electron chi connectivity index (χ2n) is 7.81. The Morgan fingerprint density at radius 1 is 1.30 bits per heavy atom. The van der Waals surface area contributed by atoms with Crippen molar-refractivity contribution in [2.24, 2.45) is 0 Å². The standard InChI is InChI=1S/C22H30N2O3/c1-4-18-15(9-11-20(25)27-3)21-16-13-14(26-2)8-10-17(16)23-22(21)19-7-5-6-12-24(18)19/h8,10,13,15,18-19,23H,4-7,9,11-12H2,1-3H3. The van der Waals surface area contributed by atoms with Crippen molar-refractivity contribution in [3.05, 3.63) is 29.5 Å². The molecule has 4 rings (SSSR count). The van der Waals surface area contributed by atoms with Gasteiger partial charge in [-0.2, -0.15) is 0 Å². The van der Waals surface area contributed by atoms with Gasteiger partial charge >= 0.3 is 5.97 Å². The molecule has 1 fully saturated rings. The molecule has 0 spiro atoms. The van der Waals surface area contributed by atoms with Crippen molar-refractivity contribution >= 4 is 16.9 Å². The first kappa shape index (κ1) is 18.4. The highest BCUT2D eigenvalue weighted by molar-refractivity contribution is 5.87. The fourth-order valence-corrected chi connectivity index (χ4v) is 5.32. The van der Waals surface area contributed by atoms with Crippen molar-refractivity contribution in [2.45, 2.75) is 63.5 Å². The summed E-state index contributed by atoms with van der Waals surface area (Å²) < 4.78 is 10.4. The number of nitrogens with one attached hydrogen (secondary N) is 1. The lowest BCUT2D eigenvalue weighted by atomic mass is 9.76. The number of ether oxygens (including phenoxy) is 2. The van der Waals surface area contributed by atoms with E-state index in [0.29, 0.717) is 24.4 Å². The average Bonchev–Trinajstić information content (AvgIpc) is 3.10. The molecule has 1 saturated heterocycles. The van der Waals surface area contributed by atoms with Crippen molar-refractivity contribution in [3.8, 4) is 5.75 Å². The number of aromatic amines is 1. The number of hydrogen-bond acceptors (Lipinski definition) is 4. The van der Waals surface area contributed by atoms with Crippen molar-refractivity contribution < 1.29 is 14.3 Å². The molecule has 5 heteroatoms. The summed E-state index contributed by atoms with van der Waals surface area (Å²) in [6.45, 7) is 3.43. The van der Waals surface area contributed by atoms with Crippen LogP contribution in [0.2, 0.25) is 0 Å². The highest BCUT2D eigenvalue weighted by Crippen LogP contribution is 2.49. The minimum Gasteiger partial charge on any atom is -0.497 e. The molecule has 27 heavy (non-hydrogen) atoms. The summed E-state index contributed by atoms with van der Waals surface area (Å²) >= 11 is 0. The third kappa shape index (κ3) is 3.12. The molecule has 1 aromatic carbocycles. The van der Waals surface area contributed by atoms with Crippen LogP contribution in [0, 0.1) is 0 Å². The van der Waals surface area contributed by atoms with Gasteiger partial charge in [0, 0.05) is 35.0 Å². The number of benzene rings is 1. The molecule has 3 atom stereocenters. The van der Waals surface area contributed by atoms with E-state index in [2.05, 4.69) is 28.9 Å². The maximum absolute atomic E-state index is 11.9. The van der Waals surface area contributed by atoms with Crippen LogP contribution in [0.25, 0.3) is 10.9 Å². The molecule has 2 aliphatic heterocycles. The number of esters is 1. The Labute approximate surface area is 161 Å². The number of nitrogens with zero attached hydrogens (tertiary/aromatic N) is 1. The molecule has 0 radical (unpaired) electrons. The molecule has 5 nitrogen and oxygen atoms in total. The Kier molecular flexibility index (Phi) is 5.13. The van der Waals surface area contributed by atoms with Crippen LogP contribution < -0.4 is 4.74 Å². The predicted octanol–water partition coefficient (Wildman–Crippen LogP) is 4.53. The molecule has 3 heterocycles. The van der Waals surface area contributed by atoms with Gasteiger partial charge in [-0.15, -0.1) is 0 Å². The number of fused-ring (bicyclic) bond motifs is 5. The van der Waals surface area contributed by atoms with Gasteiger partial charge in [-0.25, -0.2) is 0 Å². The normalized spacial score (nSPS) is 25.1. The third-order valence-corrected chi connectivity index (χ3v) is 6.52. The number of H-pyrrole nitrogens is 1. The van der Waals surface area contributed by atoms with Gasteiger partial charge in [0.2, 0.25) is 0 Å². The third-order valence-electron chi connectivity index (χ3n) is 6.52. The lowest BCUT2D eigenvalue weighted by Gasteiger charge is -2.48. The molecule has 1 aromatic heterocycles. The Bertz CT molecular complexity index is 828. The van der Waals surface area contributed by atoms with Gasteiger partial charge in [-0.1, -0.05) is 13.3 Å². The van der Waals surface area contributed by atoms with Crippen LogP contribution in [0.5, 0.6) is 5.75 Å². The summed E-state index contributed by atoms with van der Waals surface area (Å²) in [5.74, 6) is 1.10. The van der Waals surface area contributed by atoms with Gasteiger partial charge in [-0.05, 0) is 56.0 Å². The van der Waals surface area contributed by atoms with E-state index in [4.69, 9.17) is 9.47 Å². The van der Waals surface area contributed by atoms with E-state index in [1.165, 1.54) is 48.5 Å². The van der Waals surface area contributed by atoms with Gasteiger partial charge in [0.05, 0.1) is 20.3 Å². The topological polar surface area (TPSA) is 54.6 Å². The van der Waals surface area contributed by atoms with E-state index < -0.39 is 0 Å². The second-order valence-corrected chi connectivity index (χ2v) is 7.81. The summed E-state index contributed by atoms with van der Waals surface area (Å²) in [5, 5.41) is 1.25. The van der Waals surface area contributed by atoms with Crippen LogP contribution in [-0.2, 0) is 9.53 Å². The Morgan fingerprint density at radius 2 is 2.15 bits per heavy atom. The van der Waals surface area contributed by atoms with Crippen molar-refractivity contribution in [2.75, 3.05) is 20.8 Å². The molecular weight excluding hydrogens is 340 g/mol. The molecule has 2 aliphatic rings. The SMILES string of the molecule is CCC1C(CCC(=O)OC)c2c([nH]c3ccc(OC)cc23)C2CCCCN21. The van der Waals surface area contributed by atoms with Gasteiger partial charge in [0.15, 0.2) is 0 Å². The number of carbonyl (C=O) groups is 1. The molecule has 0 amide bonds. The summed E-state index contributed by atoms with van der Waals surface area (Å²) in [4.78, 5) is 18.3. The first-order chi connectivity index (χ1) is 13.2. The summed E-state index contributed by atoms with van der Waals surface area (Å²) in [6, 6.07) is 7.23. The number of carbonyl (C=O) groups excluding carboxylic acids is 1. The minimum absolute atomic E-state index is 0.121. The number of methoxy groups -OCH3 is 2. The van der Waals surface area contributed by atoms with Crippen molar-refractivity contribution in [1.82, 2.24) is 9.88 Å². The van der Waals surface area contributed by atoms with E-state index in [0.717, 1.165) is 25.1 Å². The predicted molar refractivity (Wildman–Crippen MR) is 106 cm³/mol. The molecule has 1 N–H and O–H groups in total. The number of hydrogen-bond donors (Lipinski definition) is 1. The highest BCUT2D eigenvalue weighted by Gasteiger charge is 2.42. The zero-order valence-electron chi connectivity index (χ0n) is 16.6. The van der Waals surface area contributed by atoms with Crippen LogP contribution in [0.3, 0.4) is 0 Å². The highest BCUT2D eigenvalue weighted by atomic mass is 16.5. The molecule has 0 saturated carbocycles. The fourth-order valence-electron chi connectivity index (χ4n) is 5.32. The van der Waals surface area contributed by atoms with Gasteiger partial charge < -0.3 is 14.5 Å². The smallest absolute Gasteiger partial charge is 0.305 e. The maximum Gasteiger partial charge on any atom is 0.305 e. The monoisotopic (exact) mass is 370 g/mol. The van der Waals surface area contributed by atoms with E-state index >= 15 is 0 Å². The zero-order chi connectivity index (χ0) is 19.0. The summed E-state index contributed by atoms with van der Waals surface area (Å²) in [6.07, 6.45) is 6.13. The maximum atomic E-state index is 11.9. The molecule has 0 aliphatic carbocycles. The van der Waals surface area contributed by atoms with E-state index in [-0.39, 0.29) is 5.97 Å². The first-order valence-corrected chi connectivity index (χ1v) is 10.2. The lowest BCUT2D eigenvalue weighted by molar-refractivity contribution is -0.140. The molecular formula is C22H30N2O3. The van der Waals surface area contributed by atoms with Crippen LogP contribution >= 0.6 is 0 Å². The number of aromatic nitrogens is 1. The zero-order valence-corrected chi connectivity index (χ0v) is 16.6. The Balaban J connectivity index is 1.84. The van der Waals surface area contributed by atoms with E-state index in [1.807, 2.05) is 6.07 Å². The van der Waals surface area contributed by atoms with Crippen LogP contribution in [0.4, 0.5) is 0 Å². The minimum atomic E-state index is -0.121. The average molecular weight is 370 g/mol. The van der Waals surface area contributed by atoms with Crippen LogP contribution in [0.1, 0.15) is 68.7 Å².